The molecule has 0 aliphatic rings. The SMILES string of the molecule is Cc1ccc(-c2c[nH]c3ncccc23)cn1. The van der Waals surface area contributed by atoms with Gasteiger partial charge in [-0.3, -0.25) is 4.98 Å². The molecule has 0 bridgehead atoms. The number of nitrogens with one attached hydrogen (secondary N) is 1. The number of hydrogen-bond acceptors (Lipinski definition) is 2. The van der Waals surface area contributed by atoms with Crippen molar-refractivity contribution in [2.24, 2.45) is 0 Å². The van der Waals surface area contributed by atoms with Crippen molar-refractivity contribution in [2.75, 3.05) is 0 Å². The molecule has 0 atom stereocenters. The Morgan fingerprint density at radius 2 is 2.06 bits per heavy atom. The molecule has 3 aromatic heterocycles. The van der Waals surface area contributed by atoms with Gasteiger partial charge in [0.05, 0.1) is 0 Å². The van der Waals surface area contributed by atoms with Gasteiger partial charge < -0.3 is 4.98 Å². The minimum Gasteiger partial charge on any atom is -0.346 e. The van der Waals surface area contributed by atoms with Crippen LogP contribution >= 0.6 is 0 Å². The lowest BCUT2D eigenvalue weighted by Crippen LogP contribution is -1.81. The summed E-state index contributed by atoms with van der Waals surface area (Å²) < 4.78 is 0. The minimum absolute atomic E-state index is 0.915. The first-order chi connectivity index (χ1) is 7.84. The van der Waals surface area contributed by atoms with Crippen LogP contribution in [-0.2, 0) is 0 Å². The topological polar surface area (TPSA) is 41.6 Å². The molecule has 0 radical (unpaired) electrons. The first-order valence-electron chi connectivity index (χ1n) is 5.20. The Labute approximate surface area is 93.2 Å². The van der Waals surface area contributed by atoms with E-state index in [-0.39, 0.29) is 0 Å². The van der Waals surface area contributed by atoms with Crippen LogP contribution in [0.4, 0.5) is 0 Å². The van der Waals surface area contributed by atoms with E-state index in [1.165, 1.54) is 0 Å². The zero-order chi connectivity index (χ0) is 11.0. The van der Waals surface area contributed by atoms with Gasteiger partial charge in [-0.05, 0) is 25.1 Å². The van der Waals surface area contributed by atoms with Gasteiger partial charge in [0.2, 0.25) is 0 Å². The van der Waals surface area contributed by atoms with Gasteiger partial charge in [0.15, 0.2) is 0 Å². The van der Waals surface area contributed by atoms with Crippen LogP contribution in [0, 0.1) is 6.92 Å². The summed E-state index contributed by atoms with van der Waals surface area (Å²) in [6.07, 6.45) is 5.66. The Morgan fingerprint density at radius 3 is 2.88 bits per heavy atom. The van der Waals surface area contributed by atoms with Gasteiger partial charge in [0.1, 0.15) is 5.65 Å². The highest BCUT2D eigenvalue weighted by Crippen LogP contribution is 2.26. The molecule has 3 aromatic rings. The molecule has 0 saturated heterocycles. The first-order valence-corrected chi connectivity index (χ1v) is 5.20. The molecule has 78 valence electrons. The number of aromatic nitrogens is 3. The lowest BCUT2D eigenvalue weighted by molar-refractivity contribution is 1.20. The lowest BCUT2D eigenvalue weighted by atomic mass is 10.1. The molecule has 0 fully saturated rings. The summed E-state index contributed by atoms with van der Waals surface area (Å²) in [6, 6.07) is 8.11. The van der Waals surface area contributed by atoms with E-state index >= 15 is 0 Å². The number of rotatable bonds is 1. The second kappa shape index (κ2) is 3.45. The molecule has 0 aliphatic heterocycles. The molecule has 16 heavy (non-hydrogen) atoms. The Bertz CT molecular complexity index is 623. The van der Waals surface area contributed by atoms with Crippen LogP contribution in [0.15, 0.2) is 42.9 Å². The largest absolute Gasteiger partial charge is 0.346 e. The van der Waals surface area contributed by atoms with E-state index in [9.17, 15) is 0 Å². The van der Waals surface area contributed by atoms with Crippen LogP contribution in [0.1, 0.15) is 5.69 Å². The predicted octanol–water partition coefficient (Wildman–Crippen LogP) is 2.93. The Balaban J connectivity index is 2.22. The first kappa shape index (κ1) is 9.09. The zero-order valence-electron chi connectivity index (χ0n) is 8.94. The third-order valence-corrected chi connectivity index (χ3v) is 2.67. The molecule has 3 heteroatoms. The minimum atomic E-state index is 0.915. The van der Waals surface area contributed by atoms with Gasteiger partial charge >= 0.3 is 0 Å². The van der Waals surface area contributed by atoms with E-state index in [4.69, 9.17) is 0 Å². The molecule has 0 spiro atoms. The van der Waals surface area contributed by atoms with Crippen LogP contribution < -0.4 is 0 Å². The number of aromatic amines is 1. The second-order valence-electron chi connectivity index (χ2n) is 3.79. The number of hydrogen-bond donors (Lipinski definition) is 1. The summed E-state index contributed by atoms with van der Waals surface area (Å²) in [5, 5.41) is 1.13. The molecule has 3 nitrogen and oxygen atoms in total. The number of H-pyrrole nitrogens is 1. The average Bonchev–Trinajstić information content (AvgIpc) is 2.74. The Morgan fingerprint density at radius 1 is 1.12 bits per heavy atom. The van der Waals surface area contributed by atoms with Gasteiger partial charge in [-0.1, -0.05) is 6.07 Å². The summed E-state index contributed by atoms with van der Waals surface area (Å²) in [5.41, 5.74) is 4.21. The average molecular weight is 209 g/mol. The number of aryl methyl sites for hydroxylation is 1. The van der Waals surface area contributed by atoms with Crippen molar-refractivity contribution in [1.82, 2.24) is 15.0 Å². The molecule has 3 rings (SSSR count). The predicted molar refractivity (Wildman–Crippen MR) is 64.1 cm³/mol. The van der Waals surface area contributed by atoms with Crippen LogP contribution in [0.5, 0.6) is 0 Å². The number of nitrogens with zero attached hydrogens (tertiary/aromatic N) is 2. The molecular formula is C13H11N3. The van der Waals surface area contributed by atoms with Crippen molar-refractivity contribution in [3.8, 4) is 11.1 Å². The third kappa shape index (κ3) is 1.37. The van der Waals surface area contributed by atoms with Crippen molar-refractivity contribution in [2.45, 2.75) is 6.92 Å². The van der Waals surface area contributed by atoms with Crippen molar-refractivity contribution in [1.29, 1.82) is 0 Å². The van der Waals surface area contributed by atoms with Gasteiger partial charge in [-0.2, -0.15) is 0 Å². The highest BCUT2D eigenvalue weighted by molar-refractivity contribution is 5.93. The Kier molecular flexibility index (Phi) is 1.96. The van der Waals surface area contributed by atoms with Gasteiger partial charge in [-0.15, -0.1) is 0 Å². The number of pyridine rings is 2. The molecule has 0 saturated carbocycles. The Hall–Kier alpha value is -2.16. The van der Waals surface area contributed by atoms with Gasteiger partial charge in [-0.25, -0.2) is 4.98 Å². The van der Waals surface area contributed by atoms with E-state index < -0.39 is 0 Å². The summed E-state index contributed by atoms with van der Waals surface area (Å²) >= 11 is 0. The van der Waals surface area contributed by atoms with E-state index in [1.54, 1.807) is 6.20 Å². The fourth-order valence-corrected chi connectivity index (χ4v) is 1.82. The highest BCUT2D eigenvalue weighted by atomic mass is 14.8. The standard InChI is InChI=1S/C13H11N3/c1-9-4-5-10(7-15-9)12-8-16-13-11(12)3-2-6-14-13/h2-8H,1H3,(H,14,16). The summed E-state index contributed by atoms with van der Waals surface area (Å²) in [5.74, 6) is 0. The van der Waals surface area contributed by atoms with Crippen molar-refractivity contribution < 1.29 is 0 Å². The quantitative estimate of drug-likeness (QED) is 0.669. The van der Waals surface area contributed by atoms with E-state index in [0.717, 1.165) is 27.9 Å². The summed E-state index contributed by atoms with van der Waals surface area (Å²) in [4.78, 5) is 11.7. The molecule has 0 aliphatic carbocycles. The smallest absolute Gasteiger partial charge is 0.137 e. The summed E-state index contributed by atoms with van der Waals surface area (Å²) in [6.45, 7) is 1.99. The maximum absolute atomic E-state index is 4.31. The lowest BCUT2D eigenvalue weighted by Gasteiger charge is -1.99. The van der Waals surface area contributed by atoms with Crippen molar-refractivity contribution in [3.63, 3.8) is 0 Å². The molecule has 1 N–H and O–H groups in total. The van der Waals surface area contributed by atoms with Gasteiger partial charge in [0.25, 0.3) is 0 Å². The molecule has 0 unspecified atom stereocenters. The molecular weight excluding hydrogens is 198 g/mol. The van der Waals surface area contributed by atoms with Crippen LogP contribution in [0.2, 0.25) is 0 Å². The normalized spacial score (nSPS) is 10.8. The molecule has 0 amide bonds. The van der Waals surface area contributed by atoms with Crippen LogP contribution in [-0.4, -0.2) is 15.0 Å². The second-order valence-corrected chi connectivity index (χ2v) is 3.79. The van der Waals surface area contributed by atoms with E-state index in [2.05, 4.69) is 27.1 Å². The molecule has 0 aromatic carbocycles. The maximum atomic E-state index is 4.31. The molecule has 3 heterocycles. The van der Waals surface area contributed by atoms with Crippen LogP contribution in [0.3, 0.4) is 0 Å². The van der Waals surface area contributed by atoms with E-state index in [1.807, 2.05) is 31.5 Å². The third-order valence-electron chi connectivity index (χ3n) is 2.67. The monoisotopic (exact) mass is 209 g/mol. The fraction of sp³-hybridized carbons (Fsp3) is 0.0769. The fourth-order valence-electron chi connectivity index (χ4n) is 1.82. The highest BCUT2D eigenvalue weighted by Gasteiger charge is 2.05. The van der Waals surface area contributed by atoms with Gasteiger partial charge in [0, 0.05) is 40.8 Å². The van der Waals surface area contributed by atoms with Crippen LogP contribution in [0.25, 0.3) is 22.2 Å². The summed E-state index contributed by atoms with van der Waals surface area (Å²) in [7, 11) is 0. The van der Waals surface area contributed by atoms with Crippen molar-refractivity contribution in [3.05, 3.63) is 48.5 Å². The van der Waals surface area contributed by atoms with Crippen molar-refractivity contribution >= 4 is 11.0 Å². The maximum Gasteiger partial charge on any atom is 0.137 e. The number of fused-ring (bicyclic) bond motifs is 1. The van der Waals surface area contributed by atoms with E-state index in [0.29, 0.717) is 0 Å². The zero-order valence-corrected chi connectivity index (χ0v) is 8.94.